The Balaban J connectivity index is 1.75. The number of nitrogens with zero attached hydrogens (tertiary/aromatic N) is 4. The van der Waals surface area contributed by atoms with E-state index < -0.39 is 0 Å². The van der Waals surface area contributed by atoms with Crippen molar-refractivity contribution in [3.8, 4) is 0 Å². The lowest BCUT2D eigenvalue weighted by atomic mass is 10.2. The van der Waals surface area contributed by atoms with Gasteiger partial charge in [0.15, 0.2) is 10.8 Å². The first-order valence-electron chi connectivity index (χ1n) is 8.94. The molecule has 6 nitrogen and oxygen atoms in total. The molecule has 0 spiro atoms. The molecular formula is C19H21ClN4O2S. The summed E-state index contributed by atoms with van der Waals surface area (Å²) in [5.41, 5.74) is 3.11. The second kappa shape index (κ2) is 7.22. The Kier molecular flexibility index (Phi) is 4.92. The molecule has 1 atom stereocenters. The Morgan fingerprint density at radius 1 is 1.44 bits per heavy atom. The summed E-state index contributed by atoms with van der Waals surface area (Å²) in [6.45, 7) is 5.09. The summed E-state index contributed by atoms with van der Waals surface area (Å²) < 4.78 is 8.49. The van der Waals surface area contributed by atoms with E-state index in [0.29, 0.717) is 22.4 Å². The third-order valence-electron chi connectivity index (χ3n) is 4.96. The van der Waals surface area contributed by atoms with E-state index in [2.05, 4.69) is 5.10 Å². The molecule has 1 unspecified atom stereocenters. The van der Waals surface area contributed by atoms with Crippen LogP contribution in [0.2, 0.25) is 5.02 Å². The number of hydrogen-bond donors (Lipinski definition) is 0. The highest BCUT2D eigenvalue weighted by Gasteiger charge is 2.28. The molecule has 0 bridgehead atoms. The van der Waals surface area contributed by atoms with Crippen LogP contribution in [-0.2, 0) is 11.8 Å². The number of thiazole rings is 1. The van der Waals surface area contributed by atoms with Gasteiger partial charge in [-0.1, -0.05) is 22.9 Å². The molecule has 142 valence electrons. The molecule has 0 radical (unpaired) electrons. The van der Waals surface area contributed by atoms with E-state index in [0.717, 1.165) is 40.9 Å². The molecule has 3 aromatic rings. The fraction of sp³-hybridized carbons (Fsp3) is 0.421. The summed E-state index contributed by atoms with van der Waals surface area (Å²) in [7, 11) is 1.83. The molecule has 3 heterocycles. The predicted molar refractivity (Wildman–Crippen MR) is 108 cm³/mol. The van der Waals surface area contributed by atoms with Gasteiger partial charge >= 0.3 is 0 Å². The van der Waals surface area contributed by atoms with Gasteiger partial charge in [-0.3, -0.25) is 14.4 Å². The number of aryl methyl sites for hydroxylation is 3. The fourth-order valence-electron chi connectivity index (χ4n) is 3.25. The molecule has 1 saturated heterocycles. The van der Waals surface area contributed by atoms with E-state index in [1.807, 2.05) is 33.0 Å². The average molecular weight is 405 g/mol. The van der Waals surface area contributed by atoms with Gasteiger partial charge in [-0.25, -0.2) is 4.98 Å². The summed E-state index contributed by atoms with van der Waals surface area (Å²) in [5, 5.41) is 5.69. The Morgan fingerprint density at radius 3 is 2.93 bits per heavy atom. The fourth-order valence-corrected chi connectivity index (χ4v) is 4.43. The first kappa shape index (κ1) is 18.4. The van der Waals surface area contributed by atoms with E-state index in [1.54, 1.807) is 15.6 Å². The van der Waals surface area contributed by atoms with Crippen molar-refractivity contribution >= 4 is 44.2 Å². The largest absolute Gasteiger partial charge is 0.376 e. The number of carbonyl (C=O) groups excluding carboxylic acids is 1. The minimum Gasteiger partial charge on any atom is -0.376 e. The van der Waals surface area contributed by atoms with Crippen molar-refractivity contribution < 1.29 is 9.53 Å². The third kappa shape index (κ3) is 3.47. The van der Waals surface area contributed by atoms with Gasteiger partial charge in [0.1, 0.15) is 0 Å². The summed E-state index contributed by atoms with van der Waals surface area (Å²) >= 11 is 7.73. The second-order valence-corrected chi connectivity index (χ2v) is 8.28. The molecule has 2 aromatic heterocycles. The van der Waals surface area contributed by atoms with Crippen LogP contribution < -0.4 is 4.90 Å². The van der Waals surface area contributed by atoms with Crippen LogP contribution >= 0.6 is 22.9 Å². The normalized spacial score (nSPS) is 17.0. The van der Waals surface area contributed by atoms with Crippen LogP contribution in [0.4, 0.5) is 5.13 Å². The molecular weight excluding hydrogens is 384 g/mol. The van der Waals surface area contributed by atoms with Crippen LogP contribution in [0.5, 0.6) is 0 Å². The highest BCUT2D eigenvalue weighted by molar-refractivity contribution is 7.22. The summed E-state index contributed by atoms with van der Waals surface area (Å²) in [5.74, 6) is -0.156. The van der Waals surface area contributed by atoms with Crippen LogP contribution in [0, 0.1) is 13.8 Å². The molecule has 27 heavy (non-hydrogen) atoms. The van der Waals surface area contributed by atoms with Crippen LogP contribution in [0.25, 0.3) is 10.2 Å². The van der Waals surface area contributed by atoms with Crippen molar-refractivity contribution in [2.24, 2.45) is 7.05 Å². The zero-order valence-electron chi connectivity index (χ0n) is 15.5. The Labute approximate surface area is 166 Å². The van der Waals surface area contributed by atoms with E-state index in [4.69, 9.17) is 21.3 Å². The minimum absolute atomic E-state index is 0.0236. The van der Waals surface area contributed by atoms with Crippen molar-refractivity contribution in [2.75, 3.05) is 18.1 Å². The van der Waals surface area contributed by atoms with Gasteiger partial charge in [-0.05, 0) is 50.5 Å². The average Bonchev–Trinajstić information content (AvgIpc) is 3.37. The Hall–Kier alpha value is -1.96. The molecule has 0 N–H and O–H groups in total. The lowest BCUT2D eigenvalue weighted by molar-refractivity contribution is 0.0913. The number of ether oxygens (including phenoxy) is 1. The maximum atomic E-state index is 13.3. The Bertz CT molecular complexity index is 987. The number of carbonyl (C=O) groups is 1. The molecule has 8 heteroatoms. The minimum atomic E-state index is -0.156. The van der Waals surface area contributed by atoms with Gasteiger partial charge in [0.05, 0.1) is 22.9 Å². The molecule has 1 aliphatic rings. The van der Waals surface area contributed by atoms with Gasteiger partial charge in [-0.2, -0.15) is 5.10 Å². The number of aromatic nitrogens is 3. The summed E-state index contributed by atoms with van der Waals surface area (Å²) in [6.07, 6.45) is 1.99. The number of benzene rings is 1. The van der Waals surface area contributed by atoms with Crippen molar-refractivity contribution in [3.05, 3.63) is 40.2 Å². The van der Waals surface area contributed by atoms with Crippen molar-refractivity contribution in [3.63, 3.8) is 0 Å². The van der Waals surface area contributed by atoms with Crippen molar-refractivity contribution in [1.82, 2.24) is 14.8 Å². The topological polar surface area (TPSA) is 60.2 Å². The van der Waals surface area contributed by atoms with Gasteiger partial charge in [0, 0.05) is 24.4 Å². The second-order valence-electron chi connectivity index (χ2n) is 6.86. The number of hydrogen-bond acceptors (Lipinski definition) is 5. The number of halogens is 1. The molecule has 1 aliphatic heterocycles. The molecule has 4 rings (SSSR count). The third-order valence-corrected chi connectivity index (χ3v) is 6.41. The van der Waals surface area contributed by atoms with Crippen LogP contribution in [0.1, 0.15) is 34.6 Å². The first-order valence-corrected chi connectivity index (χ1v) is 10.1. The van der Waals surface area contributed by atoms with Gasteiger partial charge < -0.3 is 4.74 Å². The van der Waals surface area contributed by atoms with Gasteiger partial charge in [0.25, 0.3) is 5.91 Å². The molecule has 0 aliphatic carbocycles. The number of fused-ring (bicyclic) bond motifs is 1. The molecule has 1 fully saturated rings. The predicted octanol–water partition coefficient (Wildman–Crippen LogP) is 4.13. The van der Waals surface area contributed by atoms with Gasteiger partial charge in [0.2, 0.25) is 0 Å². The maximum Gasteiger partial charge on any atom is 0.280 e. The van der Waals surface area contributed by atoms with Crippen molar-refractivity contribution in [1.29, 1.82) is 0 Å². The van der Waals surface area contributed by atoms with Crippen LogP contribution in [0.3, 0.4) is 0 Å². The molecule has 1 amide bonds. The lowest BCUT2D eigenvalue weighted by Crippen LogP contribution is -2.37. The summed E-state index contributed by atoms with van der Waals surface area (Å²) in [6, 6.07) is 5.63. The number of rotatable bonds is 4. The standard InChI is InChI=1S/C19H21ClN4O2S/c1-11-9-15(22-23(11)3)18(25)24(10-13-5-4-8-26-13)19-21-17-12(2)14(20)6-7-16(17)27-19/h6-7,9,13H,4-5,8,10H2,1-3H3. The Morgan fingerprint density at radius 2 is 2.26 bits per heavy atom. The highest BCUT2D eigenvalue weighted by atomic mass is 35.5. The highest BCUT2D eigenvalue weighted by Crippen LogP contribution is 2.34. The summed E-state index contributed by atoms with van der Waals surface area (Å²) in [4.78, 5) is 19.7. The maximum absolute atomic E-state index is 13.3. The zero-order chi connectivity index (χ0) is 19.1. The van der Waals surface area contributed by atoms with E-state index in [1.165, 1.54) is 11.3 Å². The van der Waals surface area contributed by atoms with E-state index >= 15 is 0 Å². The number of amides is 1. The monoisotopic (exact) mass is 404 g/mol. The van der Waals surface area contributed by atoms with Crippen LogP contribution in [0.15, 0.2) is 18.2 Å². The van der Waals surface area contributed by atoms with Crippen LogP contribution in [-0.4, -0.2) is 39.9 Å². The number of anilines is 1. The smallest absolute Gasteiger partial charge is 0.280 e. The lowest BCUT2D eigenvalue weighted by Gasteiger charge is -2.22. The SMILES string of the molecule is Cc1c(Cl)ccc2sc(N(CC3CCCO3)C(=O)c3cc(C)n(C)n3)nc12. The first-order chi connectivity index (χ1) is 12.9. The van der Waals surface area contributed by atoms with E-state index in [-0.39, 0.29) is 12.0 Å². The molecule has 1 aromatic carbocycles. The van der Waals surface area contributed by atoms with Gasteiger partial charge in [-0.15, -0.1) is 0 Å². The van der Waals surface area contributed by atoms with Crippen molar-refractivity contribution in [2.45, 2.75) is 32.8 Å². The van der Waals surface area contributed by atoms with E-state index in [9.17, 15) is 4.79 Å². The quantitative estimate of drug-likeness (QED) is 0.656. The zero-order valence-corrected chi connectivity index (χ0v) is 17.1. The molecule has 0 saturated carbocycles.